The number of carbonyl (C=O) groups excluding carboxylic acids is 1. The summed E-state index contributed by atoms with van der Waals surface area (Å²) in [5.74, 6) is -0.937. The zero-order chi connectivity index (χ0) is 13.0. The second kappa shape index (κ2) is 3.38. The highest BCUT2D eigenvalue weighted by Gasteiger charge is 2.53. The van der Waals surface area contributed by atoms with E-state index in [1.165, 1.54) is 14.0 Å². The molecule has 1 aromatic carbocycles. The van der Waals surface area contributed by atoms with Crippen LogP contribution in [0.4, 0.5) is 0 Å². The number of methoxy groups -OCH3 is 1. The Labute approximate surface area is 104 Å². The van der Waals surface area contributed by atoms with Crippen LogP contribution in [0.3, 0.4) is 0 Å². The SMILES string of the molecule is COC(=O)C1(c2ccc3c(c2)OC(C)(O)O3)CC1. The molecule has 5 nitrogen and oxygen atoms in total. The predicted octanol–water partition coefficient (Wildman–Crippen LogP) is 1.33. The molecule has 1 aliphatic heterocycles. The molecule has 1 aliphatic carbocycles. The van der Waals surface area contributed by atoms with Crippen LogP contribution < -0.4 is 9.47 Å². The third-order valence-corrected chi connectivity index (χ3v) is 3.42. The number of hydrogen-bond acceptors (Lipinski definition) is 5. The Balaban J connectivity index is 1.96. The molecule has 96 valence electrons. The van der Waals surface area contributed by atoms with E-state index in [1.807, 2.05) is 6.07 Å². The van der Waals surface area contributed by atoms with Crippen molar-refractivity contribution in [3.05, 3.63) is 23.8 Å². The first-order valence-corrected chi connectivity index (χ1v) is 5.80. The fraction of sp³-hybridized carbons (Fsp3) is 0.462. The highest BCUT2D eigenvalue weighted by atomic mass is 16.8. The molecule has 1 heterocycles. The van der Waals surface area contributed by atoms with Crippen LogP contribution in [-0.4, -0.2) is 24.2 Å². The van der Waals surface area contributed by atoms with E-state index < -0.39 is 11.4 Å². The van der Waals surface area contributed by atoms with Crippen molar-refractivity contribution in [2.75, 3.05) is 7.11 Å². The topological polar surface area (TPSA) is 65.0 Å². The van der Waals surface area contributed by atoms with Crippen molar-refractivity contribution in [3.8, 4) is 11.5 Å². The molecule has 1 fully saturated rings. The normalized spacial score (nSPS) is 26.8. The van der Waals surface area contributed by atoms with Gasteiger partial charge in [0.15, 0.2) is 11.5 Å². The van der Waals surface area contributed by atoms with E-state index in [0.29, 0.717) is 11.5 Å². The number of hydrogen-bond donors (Lipinski definition) is 1. The Hall–Kier alpha value is -1.75. The molecular formula is C13H14O5. The number of carbonyl (C=O) groups is 1. The lowest BCUT2D eigenvalue weighted by atomic mass is 9.96. The summed E-state index contributed by atoms with van der Waals surface area (Å²) in [4.78, 5) is 11.8. The van der Waals surface area contributed by atoms with Crippen LogP contribution in [0.2, 0.25) is 0 Å². The molecule has 3 rings (SSSR count). The molecule has 1 atom stereocenters. The molecule has 1 unspecified atom stereocenters. The van der Waals surface area contributed by atoms with Gasteiger partial charge in [-0.05, 0) is 30.5 Å². The van der Waals surface area contributed by atoms with Gasteiger partial charge >= 0.3 is 11.9 Å². The lowest BCUT2D eigenvalue weighted by Crippen LogP contribution is -2.33. The summed E-state index contributed by atoms with van der Waals surface area (Å²) >= 11 is 0. The standard InChI is InChI=1S/C13H14O5/c1-12(15)17-9-4-3-8(7-10(9)18-12)13(5-6-13)11(14)16-2/h3-4,7,15H,5-6H2,1-2H3. The molecule has 1 aromatic rings. The first-order valence-electron chi connectivity index (χ1n) is 5.80. The maximum absolute atomic E-state index is 11.8. The summed E-state index contributed by atoms with van der Waals surface area (Å²) in [5.41, 5.74) is 0.302. The fourth-order valence-electron chi connectivity index (χ4n) is 2.33. The quantitative estimate of drug-likeness (QED) is 0.802. The monoisotopic (exact) mass is 250 g/mol. The maximum atomic E-state index is 11.8. The molecule has 0 aromatic heterocycles. The second-order valence-electron chi connectivity index (χ2n) is 4.84. The van der Waals surface area contributed by atoms with E-state index in [4.69, 9.17) is 14.2 Å². The highest BCUT2D eigenvalue weighted by molar-refractivity contribution is 5.86. The van der Waals surface area contributed by atoms with Gasteiger partial charge in [-0.1, -0.05) is 6.07 Å². The predicted molar refractivity (Wildman–Crippen MR) is 61.2 cm³/mol. The van der Waals surface area contributed by atoms with E-state index in [-0.39, 0.29) is 5.97 Å². The minimum atomic E-state index is -1.64. The van der Waals surface area contributed by atoms with Crippen LogP contribution in [0.25, 0.3) is 0 Å². The summed E-state index contributed by atoms with van der Waals surface area (Å²) in [6.45, 7) is 1.42. The van der Waals surface area contributed by atoms with Gasteiger partial charge in [0.25, 0.3) is 0 Å². The van der Waals surface area contributed by atoms with Gasteiger partial charge in [-0.25, -0.2) is 0 Å². The van der Waals surface area contributed by atoms with Crippen molar-refractivity contribution in [1.82, 2.24) is 0 Å². The lowest BCUT2D eigenvalue weighted by molar-refractivity contribution is -0.234. The Morgan fingerprint density at radius 2 is 2.00 bits per heavy atom. The van der Waals surface area contributed by atoms with Crippen LogP contribution in [0, 0.1) is 0 Å². The van der Waals surface area contributed by atoms with Crippen LogP contribution in [0.15, 0.2) is 18.2 Å². The minimum absolute atomic E-state index is 0.229. The first-order chi connectivity index (χ1) is 8.47. The summed E-state index contributed by atoms with van der Waals surface area (Å²) in [6, 6.07) is 5.25. The number of aliphatic hydroxyl groups is 1. The third kappa shape index (κ3) is 1.54. The highest BCUT2D eigenvalue weighted by Crippen LogP contribution is 2.51. The smallest absolute Gasteiger partial charge is 0.366 e. The Morgan fingerprint density at radius 3 is 2.61 bits per heavy atom. The van der Waals surface area contributed by atoms with Crippen molar-refractivity contribution < 1.29 is 24.1 Å². The number of fused-ring (bicyclic) bond motifs is 1. The zero-order valence-electron chi connectivity index (χ0n) is 10.2. The molecule has 0 amide bonds. The summed E-state index contributed by atoms with van der Waals surface area (Å²) in [5, 5.41) is 9.64. The van der Waals surface area contributed by atoms with E-state index in [9.17, 15) is 9.90 Å². The van der Waals surface area contributed by atoms with E-state index in [0.717, 1.165) is 18.4 Å². The van der Waals surface area contributed by atoms with Crippen molar-refractivity contribution in [1.29, 1.82) is 0 Å². The van der Waals surface area contributed by atoms with Crippen molar-refractivity contribution in [2.24, 2.45) is 0 Å². The van der Waals surface area contributed by atoms with Crippen LogP contribution in [0.5, 0.6) is 11.5 Å². The van der Waals surface area contributed by atoms with Crippen LogP contribution >= 0.6 is 0 Å². The molecule has 1 saturated carbocycles. The zero-order valence-corrected chi connectivity index (χ0v) is 10.2. The van der Waals surface area contributed by atoms with Gasteiger partial charge in [-0.3, -0.25) is 4.79 Å². The average molecular weight is 250 g/mol. The molecule has 0 bridgehead atoms. The second-order valence-corrected chi connectivity index (χ2v) is 4.84. The molecule has 5 heteroatoms. The molecular weight excluding hydrogens is 236 g/mol. The van der Waals surface area contributed by atoms with Gasteiger partial charge in [-0.15, -0.1) is 0 Å². The fourth-order valence-corrected chi connectivity index (χ4v) is 2.33. The van der Waals surface area contributed by atoms with Crippen LogP contribution in [0.1, 0.15) is 25.3 Å². The molecule has 18 heavy (non-hydrogen) atoms. The Morgan fingerprint density at radius 1 is 1.33 bits per heavy atom. The van der Waals surface area contributed by atoms with Gasteiger partial charge in [0.05, 0.1) is 12.5 Å². The average Bonchev–Trinajstić information content (AvgIpc) is 3.05. The Bertz CT molecular complexity index is 516. The van der Waals surface area contributed by atoms with E-state index in [2.05, 4.69) is 0 Å². The lowest BCUT2D eigenvalue weighted by Gasteiger charge is -2.14. The van der Waals surface area contributed by atoms with E-state index in [1.54, 1.807) is 12.1 Å². The molecule has 0 radical (unpaired) electrons. The summed E-state index contributed by atoms with van der Waals surface area (Å²) in [6.07, 6.45) is 1.55. The summed E-state index contributed by atoms with van der Waals surface area (Å²) < 4.78 is 15.3. The number of benzene rings is 1. The van der Waals surface area contributed by atoms with Crippen molar-refractivity contribution >= 4 is 5.97 Å². The number of rotatable bonds is 2. The Kier molecular flexibility index (Phi) is 2.13. The molecule has 1 N–H and O–H groups in total. The van der Waals surface area contributed by atoms with Gasteiger partial charge in [0.2, 0.25) is 0 Å². The molecule has 0 saturated heterocycles. The third-order valence-electron chi connectivity index (χ3n) is 3.42. The number of ether oxygens (including phenoxy) is 3. The first kappa shape index (κ1) is 11.3. The largest absolute Gasteiger partial charge is 0.468 e. The molecule has 2 aliphatic rings. The van der Waals surface area contributed by atoms with Gasteiger partial charge < -0.3 is 19.3 Å². The maximum Gasteiger partial charge on any atom is 0.366 e. The molecule has 0 spiro atoms. The van der Waals surface area contributed by atoms with Gasteiger partial charge in [-0.2, -0.15) is 0 Å². The van der Waals surface area contributed by atoms with Crippen LogP contribution in [-0.2, 0) is 14.9 Å². The minimum Gasteiger partial charge on any atom is -0.468 e. The van der Waals surface area contributed by atoms with Gasteiger partial charge in [0, 0.05) is 6.92 Å². The van der Waals surface area contributed by atoms with Gasteiger partial charge in [0.1, 0.15) is 0 Å². The number of esters is 1. The van der Waals surface area contributed by atoms with Crippen molar-refractivity contribution in [2.45, 2.75) is 31.2 Å². The van der Waals surface area contributed by atoms with Crippen molar-refractivity contribution in [3.63, 3.8) is 0 Å². The summed E-state index contributed by atoms with van der Waals surface area (Å²) in [7, 11) is 1.39. The van der Waals surface area contributed by atoms with E-state index >= 15 is 0 Å².